The average molecular weight is 212 g/mol. The van der Waals surface area contributed by atoms with Crippen LogP contribution < -0.4 is 0 Å². The summed E-state index contributed by atoms with van der Waals surface area (Å²) in [6.45, 7) is 0. The van der Waals surface area contributed by atoms with Gasteiger partial charge in [-0.3, -0.25) is 4.79 Å². The smallest absolute Gasteiger partial charge is 0.150 e. The zero-order valence-corrected chi connectivity index (χ0v) is 8.75. The number of aryl methyl sites for hydroxylation is 1. The Kier molecular flexibility index (Phi) is 3.41. The summed E-state index contributed by atoms with van der Waals surface area (Å²) >= 11 is 0. The number of carbonyl (C=O) groups excluding carboxylic acids is 1. The van der Waals surface area contributed by atoms with Crippen LogP contribution in [-0.4, -0.2) is 26.7 Å². The lowest BCUT2D eigenvalue weighted by atomic mass is 10.1. The minimum absolute atomic E-state index is 0.146. The van der Waals surface area contributed by atoms with Gasteiger partial charge in [-0.15, -0.1) is 0 Å². The van der Waals surface area contributed by atoms with E-state index in [1.807, 2.05) is 0 Å². The lowest BCUT2D eigenvalue weighted by Crippen LogP contribution is -2.05. The number of aldehydes is 1. The van der Waals surface area contributed by atoms with Crippen LogP contribution in [0.25, 0.3) is 0 Å². The summed E-state index contributed by atoms with van der Waals surface area (Å²) in [4.78, 5) is 10.3. The van der Waals surface area contributed by atoms with Gasteiger partial charge in [0.25, 0.3) is 0 Å². The van der Waals surface area contributed by atoms with Crippen LogP contribution in [0, 0.1) is 0 Å². The van der Waals surface area contributed by atoms with E-state index >= 15 is 0 Å². The second kappa shape index (κ2) is 4.37. The lowest BCUT2D eigenvalue weighted by molar-refractivity contribution is 0.112. The molecule has 1 aromatic carbocycles. The average Bonchev–Trinajstić information content (AvgIpc) is 2.14. The standard InChI is InChI=1S/C10H12O3S/c1-14(12,13)7-6-9-2-4-10(8-11)5-3-9/h2-5,8H,6-7H2,1H3. The normalized spacial score (nSPS) is 11.2. The van der Waals surface area contributed by atoms with Gasteiger partial charge in [0.15, 0.2) is 0 Å². The maximum atomic E-state index is 10.9. The van der Waals surface area contributed by atoms with Gasteiger partial charge in [0, 0.05) is 11.8 Å². The predicted octanol–water partition coefficient (Wildman–Crippen LogP) is 1.09. The molecule has 0 aromatic heterocycles. The Balaban J connectivity index is 2.65. The molecule has 14 heavy (non-hydrogen) atoms. The molecule has 1 aromatic rings. The van der Waals surface area contributed by atoms with Gasteiger partial charge < -0.3 is 0 Å². The van der Waals surface area contributed by atoms with Gasteiger partial charge in [-0.05, 0) is 12.0 Å². The predicted molar refractivity (Wildman–Crippen MR) is 55.2 cm³/mol. The van der Waals surface area contributed by atoms with Crippen LogP contribution in [0.5, 0.6) is 0 Å². The SMILES string of the molecule is CS(=O)(=O)CCc1ccc(C=O)cc1. The van der Waals surface area contributed by atoms with Crippen LogP contribution in [-0.2, 0) is 16.3 Å². The number of hydrogen-bond acceptors (Lipinski definition) is 3. The van der Waals surface area contributed by atoms with E-state index in [2.05, 4.69) is 0 Å². The molecule has 1 rings (SSSR count). The van der Waals surface area contributed by atoms with Crippen molar-refractivity contribution in [2.75, 3.05) is 12.0 Å². The first-order chi connectivity index (χ1) is 6.51. The molecule has 0 aliphatic rings. The number of rotatable bonds is 4. The van der Waals surface area contributed by atoms with Crippen molar-refractivity contribution in [1.82, 2.24) is 0 Å². The van der Waals surface area contributed by atoms with Crippen LogP contribution in [0.3, 0.4) is 0 Å². The van der Waals surface area contributed by atoms with E-state index in [0.717, 1.165) is 11.8 Å². The molecular formula is C10H12O3S. The third-order valence-electron chi connectivity index (χ3n) is 1.88. The van der Waals surface area contributed by atoms with Crippen LogP contribution >= 0.6 is 0 Å². The van der Waals surface area contributed by atoms with Gasteiger partial charge in [0.05, 0.1) is 5.75 Å². The van der Waals surface area contributed by atoms with Gasteiger partial charge in [0.2, 0.25) is 0 Å². The van der Waals surface area contributed by atoms with Crippen molar-refractivity contribution in [3.05, 3.63) is 35.4 Å². The Hall–Kier alpha value is -1.16. The number of benzene rings is 1. The Bertz CT molecular complexity index is 403. The summed E-state index contributed by atoms with van der Waals surface area (Å²) in [5.74, 6) is 0.146. The second-order valence-electron chi connectivity index (χ2n) is 3.24. The van der Waals surface area contributed by atoms with Gasteiger partial charge >= 0.3 is 0 Å². The summed E-state index contributed by atoms with van der Waals surface area (Å²) in [6.07, 6.45) is 2.48. The number of hydrogen-bond donors (Lipinski definition) is 0. The van der Waals surface area contributed by atoms with Gasteiger partial charge in [0.1, 0.15) is 16.1 Å². The highest BCUT2D eigenvalue weighted by Gasteiger charge is 2.02. The molecule has 0 atom stereocenters. The van der Waals surface area contributed by atoms with Crippen molar-refractivity contribution < 1.29 is 13.2 Å². The summed E-state index contributed by atoms with van der Waals surface area (Å²) in [7, 11) is -2.91. The van der Waals surface area contributed by atoms with E-state index in [0.29, 0.717) is 12.0 Å². The Morgan fingerprint density at radius 2 is 1.79 bits per heavy atom. The molecule has 0 amide bonds. The molecular weight excluding hydrogens is 200 g/mol. The maximum Gasteiger partial charge on any atom is 0.150 e. The van der Waals surface area contributed by atoms with Crippen molar-refractivity contribution in [3.63, 3.8) is 0 Å². The van der Waals surface area contributed by atoms with E-state index in [1.165, 1.54) is 6.26 Å². The van der Waals surface area contributed by atoms with Gasteiger partial charge in [-0.25, -0.2) is 8.42 Å². The van der Waals surface area contributed by atoms with Crippen molar-refractivity contribution in [1.29, 1.82) is 0 Å². The zero-order chi connectivity index (χ0) is 10.6. The van der Waals surface area contributed by atoms with E-state index in [1.54, 1.807) is 24.3 Å². The third-order valence-corrected chi connectivity index (χ3v) is 2.82. The first-order valence-electron chi connectivity index (χ1n) is 4.23. The highest BCUT2D eigenvalue weighted by Crippen LogP contribution is 2.04. The highest BCUT2D eigenvalue weighted by atomic mass is 32.2. The quantitative estimate of drug-likeness (QED) is 0.702. The summed E-state index contributed by atoms with van der Waals surface area (Å²) in [5.41, 5.74) is 1.54. The summed E-state index contributed by atoms with van der Waals surface area (Å²) < 4.78 is 21.7. The van der Waals surface area contributed by atoms with E-state index in [4.69, 9.17) is 0 Å². The van der Waals surface area contributed by atoms with Crippen molar-refractivity contribution in [2.45, 2.75) is 6.42 Å². The minimum atomic E-state index is -2.91. The van der Waals surface area contributed by atoms with Gasteiger partial charge in [-0.2, -0.15) is 0 Å². The molecule has 0 N–H and O–H groups in total. The molecule has 76 valence electrons. The largest absolute Gasteiger partial charge is 0.298 e. The molecule has 0 aliphatic heterocycles. The molecule has 4 heteroatoms. The van der Waals surface area contributed by atoms with Crippen LogP contribution in [0.2, 0.25) is 0 Å². The van der Waals surface area contributed by atoms with E-state index in [-0.39, 0.29) is 5.75 Å². The van der Waals surface area contributed by atoms with Gasteiger partial charge in [-0.1, -0.05) is 24.3 Å². The van der Waals surface area contributed by atoms with Crippen LogP contribution in [0.15, 0.2) is 24.3 Å². The molecule has 0 fully saturated rings. The molecule has 0 spiro atoms. The monoisotopic (exact) mass is 212 g/mol. The Morgan fingerprint density at radius 3 is 2.21 bits per heavy atom. The minimum Gasteiger partial charge on any atom is -0.298 e. The fourth-order valence-corrected chi connectivity index (χ4v) is 1.67. The summed E-state index contributed by atoms with van der Waals surface area (Å²) in [6, 6.07) is 6.92. The molecule has 0 unspecified atom stereocenters. The van der Waals surface area contributed by atoms with Crippen molar-refractivity contribution in [3.8, 4) is 0 Å². The molecule has 0 saturated carbocycles. The fraction of sp³-hybridized carbons (Fsp3) is 0.300. The molecule has 0 saturated heterocycles. The summed E-state index contributed by atoms with van der Waals surface area (Å²) in [5, 5.41) is 0. The maximum absolute atomic E-state index is 10.9. The number of carbonyl (C=O) groups is 1. The molecule has 3 nitrogen and oxygen atoms in total. The van der Waals surface area contributed by atoms with E-state index < -0.39 is 9.84 Å². The first kappa shape index (κ1) is 10.9. The fourth-order valence-electron chi connectivity index (χ4n) is 1.07. The Morgan fingerprint density at radius 1 is 1.21 bits per heavy atom. The second-order valence-corrected chi connectivity index (χ2v) is 5.50. The topological polar surface area (TPSA) is 51.2 Å². The molecule has 0 bridgehead atoms. The Labute approximate surface area is 83.7 Å². The van der Waals surface area contributed by atoms with Crippen molar-refractivity contribution >= 4 is 16.1 Å². The number of sulfone groups is 1. The molecule has 0 heterocycles. The van der Waals surface area contributed by atoms with Crippen molar-refractivity contribution in [2.24, 2.45) is 0 Å². The zero-order valence-electron chi connectivity index (χ0n) is 7.93. The molecule has 0 aliphatic carbocycles. The van der Waals surface area contributed by atoms with Crippen LogP contribution in [0.1, 0.15) is 15.9 Å². The lowest BCUT2D eigenvalue weighted by Gasteiger charge is -1.99. The van der Waals surface area contributed by atoms with Crippen LogP contribution in [0.4, 0.5) is 0 Å². The first-order valence-corrected chi connectivity index (χ1v) is 6.29. The van der Waals surface area contributed by atoms with E-state index in [9.17, 15) is 13.2 Å². The molecule has 0 radical (unpaired) electrons. The highest BCUT2D eigenvalue weighted by molar-refractivity contribution is 7.90. The third kappa shape index (κ3) is 3.70.